The van der Waals surface area contributed by atoms with Crippen molar-refractivity contribution in [2.24, 2.45) is 10.8 Å². The maximum atomic E-state index is 13.3. The third kappa shape index (κ3) is 3.98. The Balaban J connectivity index is 1.39. The van der Waals surface area contributed by atoms with Gasteiger partial charge in [0, 0.05) is 50.7 Å². The Bertz CT molecular complexity index is 1070. The van der Waals surface area contributed by atoms with Gasteiger partial charge in [0.1, 0.15) is 5.75 Å². The van der Waals surface area contributed by atoms with Crippen LogP contribution in [-0.4, -0.2) is 88.5 Å². The SMILES string of the molecule is COc1ccc(CN2CC(=O)N3CC4(C)CN(CC(C)(C3)C4=O)C(=O)C2)cc1Cn1cccn1. The first-order valence-electron chi connectivity index (χ1n) is 11.7. The second-order valence-corrected chi connectivity index (χ2v) is 10.4. The normalized spacial score (nSPS) is 27.6. The second-order valence-electron chi connectivity index (χ2n) is 10.4. The van der Waals surface area contributed by atoms with Gasteiger partial charge in [-0.3, -0.25) is 24.0 Å². The van der Waals surface area contributed by atoms with E-state index in [0.717, 1.165) is 16.9 Å². The Labute approximate surface area is 199 Å². The van der Waals surface area contributed by atoms with Crippen LogP contribution in [0, 0.1) is 10.8 Å². The number of amides is 2. The molecule has 0 spiro atoms. The zero-order chi connectivity index (χ0) is 24.1. The fourth-order valence-electron chi connectivity index (χ4n) is 5.90. The average molecular weight is 466 g/mol. The molecule has 4 bridgehead atoms. The van der Waals surface area contributed by atoms with Gasteiger partial charge >= 0.3 is 0 Å². The molecule has 4 aliphatic rings. The quantitative estimate of drug-likeness (QED) is 0.655. The summed E-state index contributed by atoms with van der Waals surface area (Å²) in [4.78, 5) is 45.3. The summed E-state index contributed by atoms with van der Waals surface area (Å²) in [5.74, 6) is 0.884. The second kappa shape index (κ2) is 8.23. The first-order chi connectivity index (χ1) is 16.2. The zero-order valence-corrected chi connectivity index (χ0v) is 20.0. The van der Waals surface area contributed by atoms with E-state index >= 15 is 0 Å². The monoisotopic (exact) mass is 465 g/mol. The molecule has 1 aromatic heterocycles. The van der Waals surface area contributed by atoms with Crippen LogP contribution < -0.4 is 4.74 Å². The van der Waals surface area contributed by atoms with Crippen LogP contribution in [-0.2, 0) is 27.5 Å². The molecule has 5 heterocycles. The van der Waals surface area contributed by atoms with Crippen molar-refractivity contribution in [3.8, 4) is 5.75 Å². The molecule has 4 fully saturated rings. The average Bonchev–Trinajstić information content (AvgIpc) is 3.28. The highest BCUT2D eigenvalue weighted by Gasteiger charge is 2.57. The summed E-state index contributed by atoms with van der Waals surface area (Å²) < 4.78 is 7.36. The largest absolute Gasteiger partial charge is 0.496 e. The van der Waals surface area contributed by atoms with Crippen molar-refractivity contribution in [3.05, 3.63) is 47.8 Å². The van der Waals surface area contributed by atoms with E-state index in [-0.39, 0.29) is 30.7 Å². The summed E-state index contributed by atoms with van der Waals surface area (Å²) in [5.41, 5.74) is 0.575. The topological polar surface area (TPSA) is 88.0 Å². The Kier molecular flexibility index (Phi) is 5.47. The van der Waals surface area contributed by atoms with E-state index in [4.69, 9.17) is 4.74 Å². The number of nitrogens with zero attached hydrogens (tertiary/aromatic N) is 5. The molecule has 9 nitrogen and oxygen atoms in total. The first-order valence-corrected chi connectivity index (χ1v) is 11.7. The highest BCUT2D eigenvalue weighted by molar-refractivity contribution is 5.96. The third-order valence-corrected chi connectivity index (χ3v) is 7.32. The number of carbonyl (C=O) groups is 3. The number of rotatable bonds is 5. The lowest BCUT2D eigenvalue weighted by Gasteiger charge is -2.56. The highest BCUT2D eigenvalue weighted by Crippen LogP contribution is 2.42. The van der Waals surface area contributed by atoms with E-state index in [1.165, 1.54) is 0 Å². The van der Waals surface area contributed by atoms with E-state index in [1.54, 1.807) is 13.3 Å². The number of methoxy groups -OCH3 is 1. The Hall–Kier alpha value is -3.20. The van der Waals surface area contributed by atoms with E-state index in [1.807, 2.05) is 63.7 Å². The summed E-state index contributed by atoms with van der Waals surface area (Å²) in [6, 6.07) is 7.81. The van der Waals surface area contributed by atoms with Crippen molar-refractivity contribution >= 4 is 17.6 Å². The van der Waals surface area contributed by atoms with Crippen molar-refractivity contribution in [1.29, 1.82) is 0 Å². The summed E-state index contributed by atoms with van der Waals surface area (Å²) >= 11 is 0. The lowest BCUT2D eigenvalue weighted by atomic mass is 9.64. The molecular weight excluding hydrogens is 434 g/mol. The number of Topliss-reactive ketones (excluding diaryl/α,β-unsaturated/α-hetero) is 1. The molecule has 4 saturated heterocycles. The predicted octanol–water partition coefficient (Wildman–Crippen LogP) is 1.02. The molecule has 0 atom stereocenters. The minimum absolute atomic E-state index is 0.0293. The van der Waals surface area contributed by atoms with Crippen LogP contribution in [0.1, 0.15) is 25.0 Å². The molecule has 0 radical (unpaired) electrons. The van der Waals surface area contributed by atoms with Gasteiger partial charge in [-0.15, -0.1) is 0 Å². The van der Waals surface area contributed by atoms with Crippen LogP contribution in [0.4, 0.5) is 0 Å². The minimum Gasteiger partial charge on any atom is -0.496 e. The van der Waals surface area contributed by atoms with Crippen molar-refractivity contribution in [2.45, 2.75) is 26.9 Å². The van der Waals surface area contributed by atoms with Crippen molar-refractivity contribution in [2.75, 3.05) is 46.4 Å². The zero-order valence-electron chi connectivity index (χ0n) is 20.0. The molecule has 34 heavy (non-hydrogen) atoms. The summed E-state index contributed by atoms with van der Waals surface area (Å²) in [6.45, 7) is 6.57. The van der Waals surface area contributed by atoms with Gasteiger partial charge in [-0.2, -0.15) is 5.10 Å². The van der Waals surface area contributed by atoms with Crippen molar-refractivity contribution in [3.63, 3.8) is 0 Å². The van der Waals surface area contributed by atoms with Crippen LogP contribution in [0.2, 0.25) is 0 Å². The molecule has 2 amide bonds. The predicted molar refractivity (Wildman–Crippen MR) is 124 cm³/mol. The molecule has 6 rings (SSSR count). The van der Waals surface area contributed by atoms with Crippen LogP contribution in [0.15, 0.2) is 36.7 Å². The molecule has 9 heteroatoms. The summed E-state index contributed by atoms with van der Waals surface area (Å²) in [5, 5.41) is 4.28. The van der Waals surface area contributed by atoms with Crippen LogP contribution in [0.5, 0.6) is 5.75 Å². The Morgan fingerprint density at radius 3 is 2.09 bits per heavy atom. The van der Waals surface area contributed by atoms with E-state index in [9.17, 15) is 14.4 Å². The number of hydrogen-bond acceptors (Lipinski definition) is 6. The van der Waals surface area contributed by atoms with Gasteiger partial charge in [0.2, 0.25) is 11.8 Å². The lowest BCUT2D eigenvalue weighted by Crippen LogP contribution is -2.71. The van der Waals surface area contributed by atoms with Crippen LogP contribution in [0.3, 0.4) is 0 Å². The smallest absolute Gasteiger partial charge is 0.236 e. The molecule has 4 aliphatic heterocycles. The number of fused-ring (bicyclic) bond motifs is 4. The molecular formula is C25H31N5O4. The van der Waals surface area contributed by atoms with E-state index in [2.05, 4.69) is 5.10 Å². The number of piperidine rings is 2. The number of aromatic nitrogens is 2. The number of ketones is 1. The summed E-state index contributed by atoms with van der Waals surface area (Å²) in [7, 11) is 1.64. The number of hydrogen-bond donors (Lipinski definition) is 0. The van der Waals surface area contributed by atoms with Gasteiger partial charge in [0.05, 0.1) is 37.6 Å². The van der Waals surface area contributed by atoms with Gasteiger partial charge in [-0.1, -0.05) is 6.07 Å². The number of carbonyl (C=O) groups excluding carboxylic acids is 3. The first kappa shape index (κ1) is 22.6. The van der Waals surface area contributed by atoms with E-state index < -0.39 is 10.8 Å². The maximum Gasteiger partial charge on any atom is 0.236 e. The van der Waals surface area contributed by atoms with Crippen LogP contribution >= 0.6 is 0 Å². The molecule has 1 aromatic carbocycles. The van der Waals surface area contributed by atoms with Gasteiger partial charge in [0.15, 0.2) is 5.78 Å². The third-order valence-electron chi connectivity index (χ3n) is 7.32. The Morgan fingerprint density at radius 2 is 1.56 bits per heavy atom. The molecule has 0 N–H and O–H groups in total. The van der Waals surface area contributed by atoms with Crippen LogP contribution in [0.25, 0.3) is 0 Å². The van der Waals surface area contributed by atoms with E-state index in [0.29, 0.717) is 39.3 Å². The fourth-order valence-corrected chi connectivity index (χ4v) is 5.90. The lowest BCUT2D eigenvalue weighted by molar-refractivity contribution is -0.169. The standard InChI is InChI=1S/C25H31N5O4/c1-24-14-28-16-25(2,23(24)33)17-29(15-24)22(32)13-27(12-21(28)31)10-18-5-6-20(34-3)19(9-18)11-30-8-4-7-26-30/h4-9H,10-17H2,1-3H3. The van der Waals surface area contributed by atoms with Gasteiger partial charge in [0.25, 0.3) is 0 Å². The fraction of sp³-hybridized carbons (Fsp3) is 0.520. The molecule has 0 aliphatic carbocycles. The molecule has 2 aromatic rings. The number of ether oxygens (including phenoxy) is 1. The van der Waals surface area contributed by atoms with Gasteiger partial charge in [-0.25, -0.2) is 0 Å². The Morgan fingerprint density at radius 1 is 0.941 bits per heavy atom. The highest BCUT2D eigenvalue weighted by atomic mass is 16.5. The minimum atomic E-state index is -0.698. The van der Waals surface area contributed by atoms with Gasteiger partial charge < -0.3 is 14.5 Å². The maximum absolute atomic E-state index is 13.3. The van der Waals surface area contributed by atoms with Crippen molar-refractivity contribution in [1.82, 2.24) is 24.5 Å². The summed E-state index contributed by atoms with van der Waals surface area (Å²) in [6.07, 6.45) is 3.63. The molecule has 0 saturated carbocycles. The van der Waals surface area contributed by atoms with Crippen molar-refractivity contribution < 1.29 is 19.1 Å². The number of benzene rings is 1. The molecule has 180 valence electrons. The molecule has 0 unspecified atom stereocenters. The van der Waals surface area contributed by atoms with Gasteiger partial charge in [-0.05, 0) is 37.6 Å².